The standard InChI is InChI=1S/C11H15NO2/c1-9(2)12(8-11(13)14)10-6-4-3-5-7-10/h3-7,9H,8H2,1-2H3,(H,13,14). The summed E-state index contributed by atoms with van der Waals surface area (Å²) >= 11 is 0. The van der Waals surface area contributed by atoms with E-state index in [0.717, 1.165) is 5.69 Å². The molecule has 0 aliphatic rings. The third-order valence-corrected chi connectivity index (χ3v) is 2.02. The number of rotatable bonds is 4. The van der Waals surface area contributed by atoms with Crippen LogP contribution in [-0.2, 0) is 4.79 Å². The van der Waals surface area contributed by atoms with Crippen molar-refractivity contribution in [1.29, 1.82) is 0 Å². The van der Waals surface area contributed by atoms with Crippen LogP contribution in [0.1, 0.15) is 13.8 Å². The van der Waals surface area contributed by atoms with Gasteiger partial charge in [-0.2, -0.15) is 0 Å². The molecule has 0 radical (unpaired) electrons. The molecule has 0 aliphatic heterocycles. The lowest BCUT2D eigenvalue weighted by molar-refractivity contribution is -0.135. The molecule has 3 nitrogen and oxygen atoms in total. The maximum absolute atomic E-state index is 10.6. The zero-order valence-corrected chi connectivity index (χ0v) is 8.47. The summed E-state index contributed by atoms with van der Waals surface area (Å²) in [4.78, 5) is 12.5. The lowest BCUT2D eigenvalue weighted by Gasteiger charge is -2.26. The lowest BCUT2D eigenvalue weighted by Crippen LogP contribution is -2.35. The molecule has 0 bridgehead atoms. The van der Waals surface area contributed by atoms with E-state index in [-0.39, 0.29) is 12.6 Å². The average molecular weight is 193 g/mol. The normalized spacial score (nSPS) is 10.2. The molecule has 0 spiro atoms. The third-order valence-electron chi connectivity index (χ3n) is 2.02. The predicted octanol–water partition coefficient (Wildman–Crippen LogP) is 1.99. The van der Waals surface area contributed by atoms with Gasteiger partial charge in [0.1, 0.15) is 6.54 Å². The average Bonchev–Trinajstić information content (AvgIpc) is 2.15. The van der Waals surface area contributed by atoms with E-state index in [0.29, 0.717) is 0 Å². The molecule has 0 saturated carbocycles. The molecule has 1 rings (SSSR count). The van der Waals surface area contributed by atoms with Crippen LogP contribution >= 0.6 is 0 Å². The molecule has 0 atom stereocenters. The summed E-state index contributed by atoms with van der Waals surface area (Å²) in [5.74, 6) is -0.803. The minimum Gasteiger partial charge on any atom is -0.480 e. The number of aliphatic carboxylic acids is 1. The van der Waals surface area contributed by atoms with Gasteiger partial charge in [-0.1, -0.05) is 18.2 Å². The number of carboxylic acids is 1. The van der Waals surface area contributed by atoms with Gasteiger partial charge in [-0.15, -0.1) is 0 Å². The minimum absolute atomic E-state index is 0.0433. The van der Waals surface area contributed by atoms with Crippen LogP contribution in [0.3, 0.4) is 0 Å². The second-order valence-electron chi connectivity index (χ2n) is 3.45. The molecular weight excluding hydrogens is 178 g/mol. The zero-order valence-electron chi connectivity index (χ0n) is 8.47. The fourth-order valence-corrected chi connectivity index (χ4v) is 1.34. The molecule has 0 aromatic heterocycles. The number of para-hydroxylation sites is 1. The maximum atomic E-state index is 10.6. The van der Waals surface area contributed by atoms with Crippen LogP contribution in [-0.4, -0.2) is 23.7 Å². The Kier molecular flexibility index (Phi) is 3.51. The van der Waals surface area contributed by atoms with Crippen LogP contribution in [0.4, 0.5) is 5.69 Å². The molecule has 14 heavy (non-hydrogen) atoms. The summed E-state index contributed by atoms with van der Waals surface area (Å²) in [6, 6.07) is 9.77. The Bertz CT molecular complexity index is 295. The predicted molar refractivity (Wildman–Crippen MR) is 56.6 cm³/mol. The van der Waals surface area contributed by atoms with Crippen LogP contribution in [0.15, 0.2) is 30.3 Å². The first kappa shape index (κ1) is 10.6. The van der Waals surface area contributed by atoms with Crippen LogP contribution in [0.2, 0.25) is 0 Å². The number of hydrogen-bond acceptors (Lipinski definition) is 2. The van der Waals surface area contributed by atoms with E-state index in [2.05, 4.69) is 0 Å². The zero-order chi connectivity index (χ0) is 10.6. The Morgan fingerprint density at radius 1 is 1.36 bits per heavy atom. The number of carboxylic acid groups (broad SMARTS) is 1. The third kappa shape index (κ3) is 2.76. The molecule has 76 valence electrons. The van der Waals surface area contributed by atoms with Gasteiger partial charge in [0.25, 0.3) is 0 Å². The summed E-state index contributed by atoms with van der Waals surface area (Å²) in [5, 5.41) is 8.75. The summed E-state index contributed by atoms with van der Waals surface area (Å²) in [7, 11) is 0. The minimum atomic E-state index is -0.803. The van der Waals surface area contributed by atoms with Crippen molar-refractivity contribution in [2.24, 2.45) is 0 Å². The number of nitrogens with zero attached hydrogens (tertiary/aromatic N) is 1. The fourth-order valence-electron chi connectivity index (χ4n) is 1.34. The Hall–Kier alpha value is -1.51. The molecule has 0 heterocycles. The second kappa shape index (κ2) is 4.65. The monoisotopic (exact) mass is 193 g/mol. The van der Waals surface area contributed by atoms with Crippen LogP contribution in [0.25, 0.3) is 0 Å². The highest BCUT2D eigenvalue weighted by Gasteiger charge is 2.12. The van der Waals surface area contributed by atoms with Crippen molar-refractivity contribution < 1.29 is 9.90 Å². The van der Waals surface area contributed by atoms with Crippen molar-refractivity contribution in [2.45, 2.75) is 19.9 Å². The highest BCUT2D eigenvalue weighted by molar-refractivity contribution is 5.73. The fraction of sp³-hybridized carbons (Fsp3) is 0.364. The summed E-state index contributed by atoms with van der Waals surface area (Å²) in [5.41, 5.74) is 0.949. The van der Waals surface area contributed by atoms with Crippen molar-refractivity contribution in [2.75, 3.05) is 11.4 Å². The molecule has 0 fully saturated rings. The Balaban J connectivity index is 2.83. The van der Waals surface area contributed by atoms with Crippen molar-refractivity contribution in [1.82, 2.24) is 0 Å². The molecular formula is C11H15NO2. The van der Waals surface area contributed by atoms with E-state index in [1.807, 2.05) is 49.1 Å². The maximum Gasteiger partial charge on any atom is 0.323 e. The van der Waals surface area contributed by atoms with Crippen molar-refractivity contribution in [3.05, 3.63) is 30.3 Å². The van der Waals surface area contributed by atoms with Crippen molar-refractivity contribution in [3.8, 4) is 0 Å². The van der Waals surface area contributed by atoms with Gasteiger partial charge in [-0.3, -0.25) is 4.79 Å². The number of anilines is 1. The first-order valence-electron chi connectivity index (χ1n) is 4.64. The Labute approximate surface area is 84.0 Å². The Morgan fingerprint density at radius 3 is 2.36 bits per heavy atom. The van der Waals surface area contributed by atoms with E-state index >= 15 is 0 Å². The van der Waals surface area contributed by atoms with Crippen LogP contribution < -0.4 is 4.90 Å². The van der Waals surface area contributed by atoms with E-state index in [9.17, 15) is 4.79 Å². The summed E-state index contributed by atoms with van der Waals surface area (Å²) in [6.45, 7) is 4.01. The topological polar surface area (TPSA) is 40.5 Å². The SMILES string of the molecule is CC(C)N(CC(=O)O)c1ccccc1. The van der Waals surface area contributed by atoms with Gasteiger partial charge >= 0.3 is 5.97 Å². The van der Waals surface area contributed by atoms with Crippen LogP contribution in [0.5, 0.6) is 0 Å². The summed E-state index contributed by atoms with van der Waals surface area (Å²) in [6.07, 6.45) is 0. The molecule has 0 aliphatic carbocycles. The van der Waals surface area contributed by atoms with E-state index in [1.54, 1.807) is 0 Å². The Morgan fingerprint density at radius 2 is 1.93 bits per heavy atom. The largest absolute Gasteiger partial charge is 0.480 e. The summed E-state index contributed by atoms with van der Waals surface area (Å²) < 4.78 is 0. The smallest absolute Gasteiger partial charge is 0.323 e. The van der Waals surface area contributed by atoms with Gasteiger partial charge in [0.15, 0.2) is 0 Å². The van der Waals surface area contributed by atoms with Crippen LogP contribution in [0, 0.1) is 0 Å². The second-order valence-corrected chi connectivity index (χ2v) is 3.45. The van der Waals surface area contributed by atoms with Gasteiger partial charge in [0.2, 0.25) is 0 Å². The number of benzene rings is 1. The highest BCUT2D eigenvalue weighted by atomic mass is 16.4. The molecule has 1 N–H and O–H groups in total. The van der Waals surface area contributed by atoms with Gasteiger partial charge in [-0.05, 0) is 26.0 Å². The first-order chi connectivity index (χ1) is 6.61. The molecule has 1 aromatic carbocycles. The molecule has 0 saturated heterocycles. The van der Waals surface area contributed by atoms with Gasteiger partial charge in [-0.25, -0.2) is 0 Å². The molecule has 0 amide bonds. The quantitative estimate of drug-likeness (QED) is 0.795. The molecule has 0 unspecified atom stereocenters. The van der Waals surface area contributed by atoms with E-state index < -0.39 is 5.97 Å². The van der Waals surface area contributed by atoms with E-state index in [4.69, 9.17) is 5.11 Å². The van der Waals surface area contributed by atoms with Gasteiger partial charge < -0.3 is 10.0 Å². The lowest BCUT2D eigenvalue weighted by atomic mass is 10.2. The molecule has 1 aromatic rings. The van der Waals surface area contributed by atoms with Crippen molar-refractivity contribution >= 4 is 11.7 Å². The van der Waals surface area contributed by atoms with Gasteiger partial charge in [0.05, 0.1) is 0 Å². The van der Waals surface area contributed by atoms with Gasteiger partial charge in [0, 0.05) is 11.7 Å². The van der Waals surface area contributed by atoms with Crippen molar-refractivity contribution in [3.63, 3.8) is 0 Å². The van der Waals surface area contributed by atoms with E-state index in [1.165, 1.54) is 0 Å². The number of hydrogen-bond donors (Lipinski definition) is 1. The molecule has 3 heteroatoms. The number of carbonyl (C=O) groups is 1. The highest BCUT2D eigenvalue weighted by Crippen LogP contribution is 2.15. The first-order valence-corrected chi connectivity index (χ1v) is 4.64.